The van der Waals surface area contributed by atoms with Gasteiger partial charge in [-0.25, -0.2) is 0 Å². The van der Waals surface area contributed by atoms with E-state index >= 15 is 0 Å². The SMILES string of the molecule is O=C(O)CC(Cc1ccc(Cl)cc1)NC(=O)Cc1ccc(Cl)cc1Cl. The lowest BCUT2D eigenvalue weighted by atomic mass is 10.0. The van der Waals surface area contributed by atoms with Crippen LogP contribution in [0.3, 0.4) is 0 Å². The van der Waals surface area contributed by atoms with E-state index in [1.54, 1.807) is 42.5 Å². The zero-order valence-electron chi connectivity index (χ0n) is 13.1. The number of aliphatic carboxylic acids is 1. The molecule has 0 heterocycles. The van der Waals surface area contributed by atoms with Gasteiger partial charge in [0, 0.05) is 21.1 Å². The quantitative estimate of drug-likeness (QED) is 0.724. The largest absolute Gasteiger partial charge is 0.481 e. The van der Waals surface area contributed by atoms with Gasteiger partial charge in [-0.15, -0.1) is 0 Å². The number of hydrogen-bond acceptors (Lipinski definition) is 2. The molecule has 25 heavy (non-hydrogen) atoms. The second-order valence-corrected chi connectivity index (χ2v) is 6.89. The molecule has 0 fully saturated rings. The molecule has 0 saturated carbocycles. The zero-order chi connectivity index (χ0) is 18.4. The molecule has 2 aromatic carbocycles. The first-order chi connectivity index (χ1) is 11.8. The van der Waals surface area contributed by atoms with Gasteiger partial charge in [-0.2, -0.15) is 0 Å². The number of carboxylic acids is 1. The van der Waals surface area contributed by atoms with Gasteiger partial charge in [-0.1, -0.05) is 53.0 Å². The summed E-state index contributed by atoms with van der Waals surface area (Å²) in [5, 5.41) is 13.3. The monoisotopic (exact) mass is 399 g/mol. The van der Waals surface area contributed by atoms with Gasteiger partial charge in [0.2, 0.25) is 5.91 Å². The van der Waals surface area contributed by atoms with Crippen molar-refractivity contribution in [2.45, 2.75) is 25.3 Å². The predicted molar refractivity (Wildman–Crippen MR) is 99.5 cm³/mol. The second-order valence-electron chi connectivity index (χ2n) is 5.61. The van der Waals surface area contributed by atoms with Crippen LogP contribution in [-0.4, -0.2) is 23.0 Å². The number of carbonyl (C=O) groups excluding carboxylic acids is 1. The third-order valence-electron chi connectivity index (χ3n) is 3.55. The molecule has 1 atom stereocenters. The van der Waals surface area contributed by atoms with Crippen LogP contribution < -0.4 is 5.32 Å². The van der Waals surface area contributed by atoms with Gasteiger partial charge in [0.1, 0.15) is 0 Å². The number of amides is 1. The molecule has 0 aliphatic rings. The molecule has 0 aliphatic heterocycles. The third kappa shape index (κ3) is 6.58. The van der Waals surface area contributed by atoms with Crippen LogP contribution in [0.4, 0.5) is 0 Å². The lowest BCUT2D eigenvalue weighted by Gasteiger charge is -2.17. The molecular formula is C18H16Cl3NO3. The summed E-state index contributed by atoms with van der Waals surface area (Å²) in [7, 11) is 0. The van der Waals surface area contributed by atoms with Crippen molar-refractivity contribution in [2.24, 2.45) is 0 Å². The van der Waals surface area contributed by atoms with E-state index in [1.807, 2.05) is 0 Å². The number of halogens is 3. The summed E-state index contributed by atoms with van der Waals surface area (Å²) in [6.45, 7) is 0. The highest BCUT2D eigenvalue weighted by Gasteiger charge is 2.17. The van der Waals surface area contributed by atoms with Crippen LogP contribution in [0.15, 0.2) is 42.5 Å². The summed E-state index contributed by atoms with van der Waals surface area (Å²) in [4.78, 5) is 23.3. The first-order valence-electron chi connectivity index (χ1n) is 7.53. The second kappa shape index (κ2) is 9.09. The van der Waals surface area contributed by atoms with Crippen LogP contribution in [0.25, 0.3) is 0 Å². The van der Waals surface area contributed by atoms with Crippen molar-refractivity contribution in [2.75, 3.05) is 0 Å². The summed E-state index contributed by atoms with van der Waals surface area (Å²) in [6, 6.07) is 11.4. The Morgan fingerprint density at radius 1 is 1.00 bits per heavy atom. The summed E-state index contributed by atoms with van der Waals surface area (Å²) < 4.78 is 0. The van der Waals surface area contributed by atoms with Gasteiger partial charge in [-0.05, 0) is 41.8 Å². The standard InChI is InChI=1S/C18H16Cl3NO3/c19-13-4-1-11(2-5-13)7-15(10-18(24)25)22-17(23)8-12-3-6-14(20)9-16(12)21/h1-6,9,15H,7-8,10H2,(H,22,23)(H,24,25). The lowest BCUT2D eigenvalue weighted by molar-refractivity contribution is -0.137. The first-order valence-corrected chi connectivity index (χ1v) is 8.66. The van der Waals surface area contributed by atoms with Crippen LogP contribution in [-0.2, 0) is 22.4 Å². The Bertz CT molecular complexity index is 763. The van der Waals surface area contributed by atoms with E-state index in [-0.39, 0.29) is 18.7 Å². The van der Waals surface area contributed by atoms with Gasteiger partial charge in [0.25, 0.3) is 0 Å². The Labute approximate surface area is 160 Å². The molecule has 0 bridgehead atoms. The highest BCUT2D eigenvalue weighted by molar-refractivity contribution is 6.35. The molecule has 1 unspecified atom stereocenters. The fourth-order valence-corrected chi connectivity index (χ4v) is 3.01. The smallest absolute Gasteiger partial charge is 0.305 e. The maximum Gasteiger partial charge on any atom is 0.305 e. The minimum atomic E-state index is -0.983. The first kappa shape index (κ1) is 19.6. The Balaban J connectivity index is 2.03. The molecule has 4 nitrogen and oxygen atoms in total. The maximum atomic E-state index is 12.3. The molecule has 0 aliphatic carbocycles. The Morgan fingerprint density at radius 2 is 1.64 bits per heavy atom. The molecule has 0 radical (unpaired) electrons. The van der Waals surface area contributed by atoms with Crippen molar-refractivity contribution in [3.05, 3.63) is 68.7 Å². The van der Waals surface area contributed by atoms with Gasteiger partial charge in [0.15, 0.2) is 0 Å². The van der Waals surface area contributed by atoms with Gasteiger partial charge >= 0.3 is 5.97 Å². The molecule has 7 heteroatoms. The molecular weight excluding hydrogens is 385 g/mol. The van der Waals surface area contributed by atoms with E-state index in [0.29, 0.717) is 27.1 Å². The highest BCUT2D eigenvalue weighted by atomic mass is 35.5. The van der Waals surface area contributed by atoms with Crippen molar-refractivity contribution in [3.63, 3.8) is 0 Å². The van der Waals surface area contributed by atoms with Crippen molar-refractivity contribution >= 4 is 46.7 Å². The Morgan fingerprint density at radius 3 is 2.24 bits per heavy atom. The van der Waals surface area contributed by atoms with Crippen LogP contribution >= 0.6 is 34.8 Å². The van der Waals surface area contributed by atoms with E-state index in [0.717, 1.165) is 5.56 Å². The van der Waals surface area contributed by atoms with Crippen LogP contribution in [0.1, 0.15) is 17.5 Å². The molecule has 0 saturated heterocycles. The van der Waals surface area contributed by atoms with E-state index in [9.17, 15) is 9.59 Å². The van der Waals surface area contributed by atoms with Crippen LogP contribution in [0.5, 0.6) is 0 Å². The summed E-state index contributed by atoms with van der Waals surface area (Å²) in [5.74, 6) is -1.28. The van der Waals surface area contributed by atoms with Gasteiger partial charge in [-0.3, -0.25) is 9.59 Å². The average Bonchev–Trinajstić information content (AvgIpc) is 2.51. The topological polar surface area (TPSA) is 66.4 Å². The number of carboxylic acid groups (broad SMARTS) is 1. The molecule has 132 valence electrons. The molecule has 0 spiro atoms. The lowest BCUT2D eigenvalue weighted by Crippen LogP contribution is -2.39. The van der Waals surface area contributed by atoms with Crippen molar-refractivity contribution in [3.8, 4) is 0 Å². The van der Waals surface area contributed by atoms with Crippen LogP contribution in [0.2, 0.25) is 15.1 Å². The normalized spacial score (nSPS) is 11.8. The number of rotatable bonds is 7. The van der Waals surface area contributed by atoms with E-state index in [1.165, 1.54) is 0 Å². The predicted octanol–water partition coefficient (Wildman–Crippen LogP) is 4.39. The Kier molecular flexibility index (Phi) is 7.12. The average molecular weight is 401 g/mol. The van der Waals surface area contributed by atoms with Crippen molar-refractivity contribution in [1.82, 2.24) is 5.32 Å². The summed E-state index contributed by atoms with van der Waals surface area (Å²) in [5.41, 5.74) is 1.52. The summed E-state index contributed by atoms with van der Waals surface area (Å²) in [6.07, 6.45) is 0.263. The number of nitrogens with one attached hydrogen (secondary N) is 1. The highest BCUT2D eigenvalue weighted by Crippen LogP contribution is 2.21. The molecule has 2 aromatic rings. The molecule has 2 N–H and O–H groups in total. The number of benzene rings is 2. The van der Waals surface area contributed by atoms with Gasteiger partial charge < -0.3 is 10.4 Å². The van der Waals surface area contributed by atoms with Crippen molar-refractivity contribution in [1.29, 1.82) is 0 Å². The zero-order valence-corrected chi connectivity index (χ0v) is 15.4. The van der Waals surface area contributed by atoms with E-state index in [4.69, 9.17) is 39.9 Å². The molecule has 0 aromatic heterocycles. The third-order valence-corrected chi connectivity index (χ3v) is 4.39. The molecule has 2 rings (SSSR count). The number of carbonyl (C=O) groups is 2. The maximum absolute atomic E-state index is 12.3. The summed E-state index contributed by atoms with van der Waals surface area (Å²) >= 11 is 17.8. The minimum Gasteiger partial charge on any atom is -0.481 e. The fourth-order valence-electron chi connectivity index (χ4n) is 2.41. The molecule has 1 amide bonds. The van der Waals surface area contributed by atoms with E-state index < -0.39 is 12.0 Å². The van der Waals surface area contributed by atoms with Gasteiger partial charge in [0.05, 0.1) is 12.8 Å². The van der Waals surface area contributed by atoms with E-state index in [2.05, 4.69) is 5.32 Å². The number of hydrogen-bond donors (Lipinski definition) is 2. The van der Waals surface area contributed by atoms with Crippen LogP contribution in [0, 0.1) is 0 Å². The fraction of sp³-hybridized carbons (Fsp3) is 0.222. The Hall–Kier alpha value is -1.75. The minimum absolute atomic E-state index is 0.0484. The van der Waals surface area contributed by atoms with Crippen molar-refractivity contribution < 1.29 is 14.7 Å².